The normalized spacial score (nSPS) is 20.6. The summed E-state index contributed by atoms with van der Waals surface area (Å²) in [6.07, 6.45) is 0.377. The maximum atomic E-state index is 12.1. The molecule has 1 N–H and O–H groups in total. The van der Waals surface area contributed by atoms with Crippen LogP contribution in [0.4, 0.5) is 0 Å². The van der Waals surface area contributed by atoms with Crippen molar-refractivity contribution >= 4 is 11.8 Å². The number of nitrogens with zero attached hydrogens (tertiary/aromatic N) is 1. The number of hydrogen-bond donors (Lipinski definition) is 1. The topological polar surface area (TPSA) is 49.4 Å². The van der Waals surface area contributed by atoms with E-state index in [4.69, 9.17) is 0 Å². The van der Waals surface area contributed by atoms with E-state index >= 15 is 0 Å². The van der Waals surface area contributed by atoms with E-state index in [2.05, 4.69) is 11.4 Å². The lowest BCUT2D eigenvalue weighted by Crippen LogP contribution is -2.42. The first-order chi connectivity index (χ1) is 8.56. The predicted octanol–water partition coefficient (Wildman–Crippen LogP) is 1.23. The molecule has 1 unspecified atom stereocenters. The van der Waals surface area contributed by atoms with Gasteiger partial charge < -0.3 is 10.2 Å². The summed E-state index contributed by atoms with van der Waals surface area (Å²) >= 11 is 0. The van der Waals surface area contributed by atoms with E-state index in [0.717, 1.165) is 5.56 Å². The molecular weight excluding hydrogens is 228 g/mol. The van der Waals surface area contributed by atoms with Crippen molar-refractivity contribution in [3.63, 3.8) is 0 Å². The number of amides is 2. The number of nitrogens with one attached hydrogen (secondary N) is 1. The highest BCUT2D eigenvalue weighted by atomic mass is 16.2. The van der Waals surface area contributed by atoms with Crippen LogP contribution < -0.4 is 5.32 Å². The Morgan fingerprint density at radius 2 is 2.17 bits per heavy atom. The van der Waals surface area contributed by atoms with Gasteiger partial charge in [0.05, 0.1) is 0 Å². The summed E-state index contributed by atoms with van der Waals surface area (Å²) in [5.41, 5.74) is 2.28. The van der Waals surface area contributed by atoms with E-state index in [-0.39, 0.29) is 11.8 Å². The predicted molar refractivity (Wildman–Crippen MR) is 68.8 cm³/mol. The lowest BCUT2D eigenvalue weighted by Gasteiger charge is -2.22. The number of rotatable bonds is 2. The van der Waals surface area contributed by atoms with Crippen molar-refractivity contribution in [2.75, 3.05) is 6.54 Å². The minimum Gasteiger partial charge on any atom is -0.345 e. The van der Waals surface area contributed by atoms with Gasteiger partial charge in [0.2, 0.25) is 11.8 Å². The molecule has 0 radical (unpaired) electrons. The van der Waals surface area contributed by atoms with Crippen LogP contribution in [-0.2, 0) is 16.1 Å². The summed E-state index contributed by atoms with van der Waals surface area (Å²) in [4.78, 5) is 25.2. The highest BCUT2D eigenvalue weighted by Gasteiger charge is 2.26. The van der Waals surface area contributed by atoms with Gasteiger partial charge in [-0.1, -0.05) is 29.8 Å². The molecule has 1 aliphatic rings. The zero-order valence-corrected chi connectivity index (χ0v) is 10.8. The van der Waals surface area contributed by atoms with E-state index in [1.54, 1.807) is 11.8 Å². The first-order valence-electron chi connectivity index (χ1n) is 6.20. The number of aryl methyl sites for hydroxylation is 1. The minimum atomic E-state index is -0.426. The van der Waals surface area contributed by atoms with Crippen LogP contribution in [0.1, 0.15) is 24.5 Å². The zero-order valence-electron chi connectivity index (χ0n) is 10.8. The van der Waals surface area contributed by atoms with E-state index in [9.17, 15) is 9.59 Å². The first kappa shape index (κ1) is 12.6. The monoisotopic (exact) mass is 246 g/mol. The van der Waals surface area contributed by atoms with Crippen molar-refractivity contribution in [3.8, 4) is 0 Å². The summed E-state index contributed by atoms with van der Waals surface area (Å²) < 4.78 is 0. The average Bonchev–Trinajstić information content (AvgIpc) is 2.43. The van der Waals surface area contributed by atoms with E-state index in [1.165, 1.54) is 5.56 Å². The molecule has 1 heterocycles. The Kier molecular flexibility index (Phi) is 3.65. The van der Waals surface area contributed by atoms with Crippen molar-refractivity contribution in [1.82, 2.24) is 10.2 Å². The quantitative estimate of drug-likeness (QED) is 0.853. The van der Waals surface area contributed by atoms with Gasteiger partial charge in [-0.05, 0) is 19.4 Å². The molecule has 96 valence electrons. The van der Waals surface area contributed by atoms with Crippen LogP contribution in [0.25, 0.3) is 0 Å². The molecule has 1 aromatic carbocycles. The van der Waals surface area contributed by atoms with Crippen LogP contribution in [0.3, 0.4) is 0 Å². The second-order valence-electron chi connectivity index (χ2n) is 4.79. The average molecular weight is 246 g/mol. The first-order valence-corrected chi connectivity index (χ1v) is 6.20. The highest BCUT2D eigenvalue weighted by molar-refractivity contribution is 5.89. The Morgan fingerprint density at radius 1 is 1.39 bits per heavy atom. The Labute approximate surface area is 107 Å². The fourth-order valence-electron chi connectivity index (χ4n) is 2.18. The van der Waals surface area contributed by atoms with Gasteiger partial charge in [-0.2, -0.15) is 0 Å². The van der Waals surface area contributed by atoms with Crippen molar-refractivity contribution < 1.29 is 9.59 Å². The van der Waals surface area contributed by atoms with Crippen LogP contribution in [0, 0.1) is 6.92 Å². The maximum absolute atomic E-state index is 12.1. The number of benzene rings is 1. The third kappa shape index (κ3) is 2.88. The number of carbonyl (C=O) groups excluding carboxylic acids is 2. The fourth-order valence-corrected chi connectivity index (χ4v) is 2.18. The smallest absolute Gasteiger partial charge is 0.245 e. The van der Waals surface area contributed by atoms with Crippen LogP contribution in [0.15, 0.2) is 24.3 Å². The van der Waals surface area contributed by atoms with E-state index in [1.807, 2.05) is 25.1 Å². The molecule has 0 aliphatic carbocycles. The van der Waals surface area contributed by atoms with Crippen molar-refractivity contribution in [1.29, 1.82) is 0 Å². The van der Waals surface area contributed by atoms with Gasteiger partial charge in [0.15, 0.2) is 0 Å². The lowest BCUT2D eigenvalue weighted by atomic mass is 10.1. The molecule has 1 saturated heterocycles. The summed E-state index contributed by atoms with van der Waals surface area (Å²) in [6.45, 7) is 4.82. The summed E-state index contributed by atoms with van der Waals surface area (Å²) in [5, 5.41) is 2.69. The zero-order chi connectivity index (χ0) is 13.1. The maximum Gasteiger partial charge on any atom is 0.245 e. The molecule has 1 fully saturated rings. The van der Waals surface area contributed by atoms with E-state index < -0.39 is 6.04 Å². The van der Waals surface area contributed by atoms with Crippen LogP contribution in [0.5, 0.6) is 0 Å². The van der Waals surface area contributed by atoms with Crippen molar-refractivity contribution in [2.45, 2.75) is 32.9 Å². The minimum absolute atomic E-state index is 0.0117. The molecule has 0 aromatic heterocycles. The standard InChI is InChI=1S/C14H18N2O2/c1-10-4-3-5-12(8-10)9-16-7-6-13(17)15-11(2)14(16)18/h3-5,8,11H,6-7,9H2,1-2H3,(H,15,17). The molecule has 1 atom stereocenters. The lowest BCUT2D eigenvalue weighted by molar-refractivity contribution is -0.133. The van der Waals surface area contributed by atoms with Crippen LogP contribution in [-0.4, -0.2) is 29.3 Å². The number of hydrogen-bond acceptors (Lipinski definition) is 2. The van der Waals surface area contributed by atoms with Gasteiger partial charge in [0.25, 0.3) is 0 Å². The Morgan fingerprint density at radius 3 is 2.89 bits per heavy atom. The van der Waals surface area contributed by atoms with Gasteiger partial charge >= 0.3 is 0 Å². The van der Waals surface area contributed by atoms with Gasteiger partial charge in [0.1, 0.15) is 6.04 Å². The second-order valence-corrected chi connectivity index (χ2v) is 4.79. The SMILES string of the molecule is Cc1cccc(CN2CCC(=O)NC(C)C2=O)c1. The van der Waals surface area contributed by atoms with Gasteiger partial charge in [0, 0.05) is 19.5 Å². The third-order valence-corrected chi connectivity index (χ3v) is 3.12. The molecule has 2 amide bonds. The van der Waals surface area contributed by atoms with Crippen LogP contribution >= 0.6 is 0 Å². The van der Waals surface area contributed by atoms with E-state index in [0.29, 0.717) is 19.5 Å². The summed E-state index contributed by atoms with van der Waals surface area (Å²) in [6, 6.07) is 7.66. The molecule has 18 heavy (non-hydrogen) atoms. The van der Waals surface area contributed by atoms with Gasteiger partial charge in [-0.25, -0.2) is 0 Å². The highest BCUT2D eigenvalue weighted by Crippen LogP contribution is 2.11. The van der Waals surface area contributed by atoms with Crippen molar-refractivity contribution in [2.24, 2.45) is 0 Å². The Hall–Kier alpha value is -1.84. The molecule has 1 aromatic rings. The summed E-state index contributed by atoms with van der Waals surface area (Å²) in [7, 11) is 0. The molecule has 0 bridgehead atoms. The van der Waals surface area contributed by atoms with Crippen molar-refractivity contribution in [3.05, 3.63) is 35.4 Å². The fraction of sp³-hybridized carbons (Fsp3) is 0.429. The molecular formula is C14H18N2O2. The molecule has 0 saturated carbocycles. The molecule has 4 nitrogen and oxygen atoms in total. The third-order valence-electron chi connectivity index (χ3n) is 3.12. The Bertz CT molecular complexity index is 471. The van der Waals surface area contributed by atoms with Gasteiger partial charge in [-0.3, -0.25) is 9.59 Å². The molecule has 0 spiro atoms. The Balaban J connectivity index is 2.12. The second kappa shape index (κ2) is 5.21. The summed E-state index contributed by atoms with van der Waals surface area (Å²) in [5.74, 6) is -0.0649. The molecule has 1 aliphatic heterocycles. The largest absolute Gasteiger partial charge is 0.345 e. The molecule has 4 heteroatoms. The molecule has 2 rings (SSSR count). The number of carbonyl (C=O) groups is 2. The van der Waals surface area contributed by atoms with Gasteiger partial charge in [-0.15, -0.1) is 0 Å². The van der Waals surface area contributed by atoms with Crippen LogP contribution in [0.2, 0.25) is 0 Å².